The van der Waals surface area contributed by atoms with Gasteiger partial charge in [-0.3, -0.25) is 0 Å². The molecule has 0 saturated heterocycles. The van der Waals surface area contributed by atoms with Gasteiger partial charge in [-0.1, -0.05) is 25.9 Å². The van der Waals surface area contributed by atoms with Crippen LogP contribution >= 0.6 is 0 Å². The number of sulfonamides is 1. The summed E-state index contributed by atoms with van der Waals surface area (Å²) in [6, 6.07) is 5.19. The number of hydrogen-bond acceptors (Lipinski definition) is 7. The Morgan fingerprint density at radius 2 is 1.69 bits per heavy atom. The molecule has 2 aromatic rings. The molecule has 0 amide bonds. The Kier molecular flexibility index (Phi) is 6.53. The molecule has 0 saturated carbocycles. The highest BCUT2D eigenvalue weighted by Gasteiger charge is 2.17. The van der Waals surface area contributed by atoms with Crippen LogP contribution < -0.4 is 4.72 Å². The minimum Gasteiger partial charge on any atom is -0.339 e. The number of hydrogen-bond donors (Lipinski definition) is 1. The van der Waals surface area contributed by atoms with Crippen molar-refractivity contribution < 1.29 is 21.4 Å². The van der Waals surface area contributed by atoms with Gasteiger partial charge in [0.15, 0.2) is 15.7 Å². The molecule has 0 atom stereocenters. The molecule has 144 valence electrons. The molecule has 0 aliphatic carbocycles. The first-order chi connectivity index (χ1) is 12.2. The van der Waals surface area contributed by atoms with Crippen LogP contribution in [0.4, 0.5) is 0 Å². The molecule has 0 spiro atoms. The van der Waals surface area contributed by atoms with Crippen LogP contribution in [0, 0.1) is 0 Å². The normalized spacial score (nSPS) is 12.6. The molecule has 26 heavy (non-hydrogen) atoms. The highest BCUT2D eigenvalue weighted by Crippen LogP contribution is 2.16. The summed E-state index contributed by atoms with van der Waals surface area (Å²) in [6.07, 6.45) is 0.969. The third-order valence-corrected chi connectivity index (χ3v) is 6.96. The maximum Gasteiger partial charge on any atom is 0.240 e. The first-order valence-electron chi connectivity index (χ1n) is 8.30. The summed E-state index contributed by atoms with van der Waals surface area (Å²) in [5.74, 6) is 1.24. The van der Waals surface area contributed by atoms with Crippen molar-refractivity contribution in [3.8, 4) is 0 Å². The third-order valence-electron chi connectivity index (χ3n) is 3.73. The molecular formula is C16H23N3O5S2. The van der Waals surface area contributed by atoms with Crippen LogP contribution in [-0.2, 0) is 26.3 Å². The van der Waals surface area contributed by atoms with Crippen molar-refractivity contribution in [3.05, 3.63) is 36.0 Å². The van der Waals surface area contributed by atoms with E-state index in [-0.39, 0.29) is 28.0 Å². The van der Waals surface area contributed by atoms with E-state index in [1.807, 2.05) is 13.8 Å². The average Bonchev–Trinajstić information content (AvgIpc) is 3.08. The molecule has 1 aromatic carbocycles. The molecule has 0 aliphatic rings. The standard InChI is InChI=1S/C16H23N3O5S2/c1-4-25(20,21)13-7-9-14(10-8-13)26(22,23)17-11-5-6-15-18-16(12(2)3)19-24-15/h7-10,12,17H,4-6,11H2,1-3H3. The molecule has 1 aromatic heterocycles. The van der Waals surface area contributed by atoms with Crippen LogP contribution in [0.25, 0.3) is 0 Å². The fourth-order valence-electron chi connectivity index (χ4n) is 2.13. The number of nitrogens with zero attached hydrogens (tertiary/aromatic N) is 2. The van der Waals surface area contributed by atoms with E-state index in [1.165, 1.54) is 31.2 Å². The summed E-state index contributed by atoms with van der Waals surface area (Å²) in [6.45, 7) is 5.66. The van der Waals surface area contributed by atoms with Gasteiger partial charge in [-0.05, 0) is 30.7 Å². The highest BCUT2D eigenvalue weighted by atomic mass is 32.2. The summed E-state index contributed by atoms with van der Waals surface area (Å²) in [5.41, 5.74) is 0. The predicted molar refractivity (Wildman–Crippen MR) is 96.1 cm³/mol. The van der Waals surface area contributed by atoms with E-state index in [0.29, 0.717) is 24.6 Å². The molecule has 8 nitrogen and oxygen atoms in total. The van der Waals surface area contributed by atoms with Crippen LogP contribution in [0.5, 0.6) is 0 Å². The van der Waals surface area contributed by atoms with Gasteiger partial charge in [0.1, 0.15) is 0 Å². The van der Waals surface area contributed by atoms with E-state index >= 15 is 0 Å². The zero-order valence-electron chi connectivity index (χ0n) is 15.0. The minimum absolute atomic E-state index is 0.0208. The number of nitrogens with one attached hydrogen (secondary N) is 1. The topological polar surface area (TPSA) is 119 Å². The molecule has 0 aliphatic heterocycles. The predicted octanol–water partition coefficient (Wildman–Crippen LogP) is 1.90. The van der Waals surface area contributed by atoms with Gasteiger partial charge in [0.25, 0.3) is 0 Å². The molecule has 1 N–H and O–H groups in total. The fraction of sp³-hybridized carbons (Fsp3) is 0.500. The lowest BCUT2D eigenvalue weighted by atomic mass is 10.2. The molecule has 0 fully saturated rings. The fourth-order valence-corrected chi connectivity index (χ4v) is 4.08. The quantitative estimate of drug-likeness (QED) is 0.637. The van der Waals surface area contributed by atoms with Crippen molar-refractivity contribution in [2.45, 2.75) is 49.3 Å². The Bertz CT molecular complexity index is 933. The van der Waals surface area contributed by atoms with Gasteiger partial charge in [0, 0.05) is 18.9 Å². The van der Waals surface area contributed by atoms with Gasteiger partial charge in [-0.25, -0.2) is 21.6 Å². The summed E-state index contributed by atoms with van der Waals surface area (Å²) >= 11 is 0. The van der Waals surface area contributed by atoms with Gasteiger partial charge in [0.2, 0.25) is 15.9 Å². The lowest BCUT2D eigenvalue weighted by Gasteiger charge is -2.07. The van der Waals surface area contributed by atoms with Crippen molar-refractivity contribution in [3.63, 3.8) is 0 Å². The van der Waals surface area contributed by atoms with E-state index in [2.05, 4.69) is 14.9 Å². The van der Waals surface area contributed by atoms with E-state index < -0.39 is 19.9 Å². The second kappa shape index (κ2) is 8.28. The Balaban J connectivity index is 1.92. The van der Waals surface area contributed by atoms with E-state index in [4.69, 9.17) is 4.52 Å². The molecule has 0 radical (unpaired) electrons. The van der Waals surface area contributed by atoms with Crippen molar-refractivity contribution in [2.75, 3.05) is 12.3 Å². The maximum absolute atomic E-state index is 12.3. The number of aryl methyl sites for hydroxylation is 1. The minimum atomic E-state index is -3.70. The summed E-state index contributed by atoms with van der Waals surface area (Å²) in [7, 11) is -7.06. The van der Waals surface area contributed by atoms with Gasteiger partial charge < -0.3 is 4.52 Å². The summed E-state index contributed by atoms with van der Waals surface area (Å²) in [5, 5.41) is 3.85. The molecule has 1 heterocycles. The third kappa shape index (κ3) is 5.12. The van der Waals surface area contributed by atoms with Crippen LogP contribution in [-0.4, -0.2) is 39.3 Å². The largest absolute Gasteiger partial charge is 0.339 e. The smallest absolute Gasteiger partial charge is 0.240 e. The Hall–Kier alpha value is -1.78. The van der Waals surface area contributed by atoms with Crippen molar-refractivity contribution >= 4 is 19.9 Å². The number of benzene rings is 1. The number of rotatable bonds is 9. The maximum atomic E-state index is 12.3. The monoisotopic (exact) mass is 401 g/mol. The second-order valence-electron chi connectivity index (χ2n) is 6.08. The van der Waals surface area contributed by atoms with Crippen LogP contribution in [0.1, 0.15) is 44.8 Å². The van der Waals surface area contributed by atoms with Crippen molar-refractivity contribution in [1.82, 2.24) is 14.9 Å². The van der Waals surface area contributed by atoms with Gasteiger partial charge in [0.05, 0.1) is 15.5 Å². The van der Waals surface area contributed by atoms with Crippen LogP contribution in [0.2, 0.25) is 0 Å². The van der Waals surface area contributed by atoms with Gasteiger partial charge in [-0.2, -0.15) is 4.98 Å². The zero-order chi connectivity index (χ0) is 19.4. The summed E-state index contributed by atoms with van der Waals surface area (Å²) < 4.78 is 55.6. The van der Waals surface area contributed by atoms with Gasteiger partial charge >= 0.3 is 0 Å². The lowest BCUT2D eigenvalue weighted by molar-refractivity contribution is 0.368. The van der Waals surface area contributed by atoms with Crippen LogP contribution in [0.15, 0.2) is 38.6 Å². The molecule has 10 heteroatoms. The van der Waals surface area contributed by atoms with Crippen molar-refractivity contribution in [1.29, 1.82) is 0 Å². The highest BCUT2D eigenvalue weighted by molar-refractivity contribution is 7.91. The van der Waals surface area contributed by atoms with Gasteiger partial charge in [-0.15, -0.1) is 0 Å². The Morgan fingerprint density at radius 3 is 2.23 bits per heavy atom. The van der Waals surface area contributed by atoms with Crippen LogP contribution in [0.3, 0.4) is 0 Å². The first-order valence-corrected chi connectivity index (χ1v) is 11.4. The Morgan fingerprint density at radius 1 is 1.08 bits per heavy atom. The lowest BCUT2D eigenvalue weighted by Crippen LogP contribution is -2.25. The second-order valence-corrected chi connectivity index (χ2v) is 10.1. The average molecular weight is 402 g/mol. The zero-order valence-corrected chi connectivity index (χ0v) is 16.6. The molecule has 0 bridgehead atoms. The Labute approximate surface area is 154 Å². The van der Waals surface area contributed by atoms with E-state index in [9.17, 15) is 16.8 Å². The first kappa shape index (κ1) is 20.5. The SMILES string of the molecule is CCS(=O)(=O)c1ccc(S(=O)(=O)NCCCc2nc(C(C)C)no2)cc1. The van der Waals surface area contributed by atoms with E-state index in [1.54, 1.807) is 0 Å². The molecule has 0 unspecified atom stereocenters. The van der Waals surface area contributed by atoms with Crippen molar-refractivity contribution in [2.24, 2.45) is 0 Å². The molecular weight excluding hydrogens is 378 g/mol. The molecule has 2 rings (SSSR count). The number of sulfone groups is 1. The number of aromatic nitrogens is 2. The summed E-state index contributed by atoms with van der Waals surface area (Å²) in [4.78, 5) is 4.36. The van der Waals surface area contributed by atoms with E-state index in [0.717, 1.165) is 0 Å².